The molecule has 0 amide bonds. The number of nitrogens with zero attached hydrogens (tertiary/aromatic N) is 1. The number of aromatic nitrogens is 1. The average Bonchev–Trinajstić information content (AvgIpc) is 2.58. The summed E-state index contributed by atoms with van der Waals surface area (Å²) >= 11 is 1.65. The lowest BCUT2D eigenvalue weighted by Gasteiger charge is -2.24. The van der Waals surface area contributed by atoms with Gasteiger partial charge in [-0.3, -0.25) is 4.79 Å². The summed E-state index contributed by atoms with van der Waals surface area (Å²) in [5, 5.41) is 0.972. The Kier molecular flexibility index (Phi) is 3.94. The van der Waals surface area contributed by atoms with Gasteiger partial charge in [-0.15, -0.1) is 11.3 Å². The molecule has 0 radical (unpaired) electrons. The minimum atomic E-state index is 0.222. The molecule has 1 aromatic rings. The molecule has 1 aliphatic rings. The molecule has 4 heteroatoms. The van der Waals surface area contributed by atoms with Crippen molar-refractivity contribution < 1.29 is 4.79 Å². The van der Waals surface area contributed by atoms with E-state index in [-0.39, 0.29) is 5.92 Å². The topological polar surface area (TPSA) is 56.0 Å². The van der Waals surface area contributed by atoms with Crippen molar-refractivity contribution in [1.82, 2.24) is 4.98 Å². The quantitative estimate of drug-likeness (QED) is 0.898. The van der Waals surface area contributed by atoms with Crippen LogP contribution in [0.5, 0.6) is 0 Å². The van der Waals surface area contributed by atoms with Crippen LogP contribution in [0.25, 0.3) is 0 Å². The molecule has 0 aromatic carbocycles. The molecule has 0 bridgehead atoms. The number of hydrogen-bond acceptors (Lipinski definition) is 4. The van der Waals surface area contributed by atoms with Gasteiger partial charge in [0.15, 0.2) is 0 Å². The maximum absolute atomic E-state index is 12.1. The summed E-state index contributed by atoms with van der Waals surface area (Å²) < 4.78 is 0. The van der Waals surface area contributed by atoms with Crippen LogP contribution in [0.15, 0.2) is 0 Å². The lowest BCUT2D eigenvalue weighted by molar-refractivity contribution is -0.123. The third-order valence-corrected chi connectivity index (χ3v) is 4.70. The molecule has 0 aliphatic heterocycles. The van der Waals surface area contributed by atoms with Crippen LogP contribution in [0.3, 0.4) is 0 Å². The van der Waals surface area contributed by atoms with E-state index in [1.165, 1.54) is 4.88 Å². The number of nitrogens with two attached hydrogens (primary N) is 1. The van der Waals surface area contributed by atoms with Crippen molar-refractivity contribution in [3.63, 3.8) is 0 Å². The zero-order valence-electron chi connectivity index (χ0n) is 10.5. The smallest absolute Gasteiger partial charge is 0.142 e. The molecule has 3 nitrogen and oxygen atoms in total. The summed E-state index contributed by atoms with van der Waals surface area (Å²) in [4.78, 5) is 17.8. The minimum absolute atomic E-state index is 0.222. The highest BCUT2D eigenvalue weighted by molar-refractivity contribution is 7.11. The van der Waals surface area contributed by atoms with Crippen LogP contribution in [-0.4, -0.2) is 16.8 Å². The van der Waals surface area contributed by atoms with E-state index in [1.807, 2.05) is 6.92 Å². The van der Waals surface area contributed by atoms with E-state index < -0.39 is 0 Å². The van der Waals surface area contributed by atoms with Gasteiger partial charge in [-0.1, -0.05) is 0 Å². The van der Waals surface area contributed by atoms with Crippen molar-refractivity contribution >= 4 is 17.1 Å². The first-order valence-corrected chi connectivity index (χ1v) is 7.09. The standard InChI is InChI=1S/C13H20N2OS/c1-8-9(2)17-13(15-8)7-12(16)10-3-5-11(14)6-4-10/h10-11H,3-7,14H2,1-2H3. The maximum atomic E-state index is 12.1. The fraction of sp³-hybridized carbons (Fsp3) is 0.692. The van der Waals surface area contributed by atoms with Crippen LogP contribution >= 0.6 is 11.3 Å². The van der Waals surface area contributed by atoms with Crippen LogP contribution in [0.1, 0.15) is 41.3 Å². The van der Waals surface area contributed by atoms with E-state index in [2.05, 4.69) is 11.9 Å². The molecule has 94 valence electrons. The third-order valence-electron chi connectivity index (χ3n) is 3.63. The highest BCUT2D eigenvalue weighted by Crippen LogP contribution is 2.26. The van der Waals surface area contributed by atoms with Gasteiger partial charge in [-0.05, 0) is 39.5 Å². The van der Waals surface area contributed by atoms with Crippen molar-refractivity contribution in [2.75, 3.05) is 0 Å². The van der Waals surface area contributed by atoms with E-state index in [9.17, 15) is 4.79 Å². The van der Waals surface area contributed by atoms with Crippen molar-refractivity contribution in [3.8, 4) is 0 Å². The zero-order chi connectivity index (χ0) is 12.4. The third kappa shape index (κ3) is 3.13. The first-order valence-electron chi connectivity index (χ1n) is 6.27. The molecule has 0 unspecified atom stereocenters. The number of carbonyl (C=O) groups excluding carboxylic acids is 1. The summed E-state index contributed by atoms with van der Waals surface area (Å²) in [7, 11) is 0. The van der Waals surface area contributed by atoms with E-state index in [1.54, 1.807) is 11.3 Å². The zero-order valence-corrected chi connectivity index (χ0v) is 11.3. The van der Waals surface area contributed by atoms with Gasteiger partial charge in [0.2, 0.25) is 0 Å². The fourth-order valence-electron chi connectivity index (χ4n) is 2.35. The van der Waals surface area contributed by atoms with E-state index in [0.717, 1.165) is 36.4 Å². The van der Waals surface area contributed by atoms with Crippen molar-refractivity contribution in [2.45, 2.75) is 52.0 Å². The second-order valence-electron chi connectivity index (χ2n) is 5.00. The lowest BCUT2D eigenvalue weighted by Crippen LogP contribution is -2.30. The van der Waals surface area contributed by atoms with Crippen LogP contribution in [-0.2, 0) is 11.2 Å². The molecule has 2 rings (SSSR count). The Labute approximate surface area is 106 Å². The fourth-order valence-corrected chi connectivity index (χ4v) is 3.29. The maximum Gasteiger partial charge on any atom is 0.142 e. The van der Waals surface area contributed by atoms with E-state index >= 15 is 0 Å². The first-order chi connectivity index (χ1) is 8.06. The number of carbonyl (C=O) groups is 1. The molecule has 1 fully saturated rings. The highest BCUT2D eigenvalue weighted by Gasteiger charge is 2.25. The molecule has 0 spiro atoms. The Morgan fingerprint density at radius 1 is 1.35 bits per heavy atom. The molecule has 17 heavy (non-hydrogen) atoms. The molecular formula is C13H20N2OS. The van der Waals surface area contributed by atoms with Gasteiger partial charge in [-0.2, -0.15) is 0 Å². The van der Waals surface area contributed by atoms with Crippen LogP contribution in [0.2, 0.25) is 0 Å². The Bertz CT molecular complexity index is 386. The van der Waals surface area contributed by atoms with Gasteiger partial charge in [0.1, 0.15) is 10.8 Å². The summed E-state index contributed by atoms with van der Waals surface area (Å²) in [5.41, 5.74) is 6.91. The molecule has 1 saturated carbocycles. The molecule has 2 N–H and O–H groups in total. The number of Topliss-reactive ketones (excluding diaryl/α,β-unsaturated/α-hetero) is 1. The minimum Gasteiger partial charge on any atom is -0.328 e. The first kappa shape index (κ1) is 12.7. The number of ketones is 1. The van der Waals surface area contributed by atoms with Gasteiger partial charge in [0.25, 0.3) is 0 Å². The van der Waals surface area contributed by atoms with Crippen molar-refractivity contribution in [3.05, 3.63) is 15.6 Å². The molecule has 1 heterocycles. The summed E-state index contributed by atoms with van der Waals surface area (Å²) in [6.45, 7) is 4.06. The second-order valence-corrected chi connectivity index (χ2v) is 6.29. The Morgan fingerprint density at radius 3 is 2.53 bits per heavy atom. The second kappa shape index (κ2) is 5.27. The Hall–Kier alpha value is -0.740. The van der Waals surface area contributed by atoms with E-state index in [4.69, 9.17) is 5.73 Å². The van der Waals surface area contributed by atoms with Crippen LogP contribution in [0, 0.1) is 19.8 Å². The van der Waals surface area contributed by atoms with E-state index in [0.29, 0.717) is 18.2 Å². The number of rotatable bonds is 3. The predicted molar refractivity (Wildman–Crippen MR) is 70.2 cm³/mol. The number of thiazole rings is 1. The lowest BCUT2D eigenvalue weighted by atomic mass is 9.83. The van der Waals surface area contributed by atoms with Gasteiger partial charge >= 0.3 is 0 Å². The number of aryl methyl sites for hydroxylation is 2. The van der Waals surface area contributed by atoms with Gasteiger partial charge < -0.3 is 5.73 Å². The summed E-state index contributed by atoms with van der Waals surface area (Å²) in [6.07, 6.45) is 4.42. The van der Waals surface area contributed by atoms with Crippen LogP contribution < -0.4 is 5.73 Å². The van der Waals surface area contributed by atoms with Gasteiger partial charge in [-0.25, -0.2) is 4.98 Å². The molecule has 0 saturated heterocycles. The van der Waals surface area contributed by atoms with Gasteiger partial charge in [0.05, 0.1) is 12.1 Å². The van der Waals surface area contributed by atoms with Crippen molar-refractivity contribution in [2.24, 2.45) is 11.7 Å². The van der Waals surface area contributed by atoms with Crippen LogP contribution in [0.4, 0.5) is 0 Å². The number of hydrogen-bond donors (Lipinski definition) is 1. The normalized spacial score (nSPS) is 24.9. The summed E-state index contributed by atoms with van der Waals surface area (Å²) in [6, 6.07) is 0.309. The Balaban J connectivity index is 1.93. The molecular weight excluding hydrogens is 232 g/mol. The molecule has 1 aromatic heterocycles. The Morgan fingerprint density at radius 2 is 2.00 bits per heavy atom. The SMILES string of the molecule is Cc1nc(CC(=O)C2CCC(N)CC2)sc1C. The molecule has 1 aliphatic carbocycles. The van der Waals surface area contributed by atoms with Gasteiger partial charge in [0, 0.05) is 16.8 Å². The predicted octanol–water partition coefficient (Wildman–Crippen LogP) is 2.39. The summed E-state index contributed by atoms with van der Waals surface area (Å²) in [5.74, 6) is 0.574. The average molecular weight is 252 g/mol. The highest BCUT2D eigenvalue weighted by atomic mass is 32.1. The largest absolute Gasteiger partial charge is 0.328 e. The van der Waals surface area contributed by atoms with Crippen molar-refractivity contribution in [1.29, 1.82) is 0 Å². The monoisotopic (exact) mass is 252 g/mol. The molecule has 0 atom stereocenters.